The van der Waals surface area contributed by atoms with E-state index >= 15 is 0 Å². The van der Waals surface area contributed by atoms with Crippen molar-refractivity contribution in [2.24, 2.45) is 0 Å². The summed E-state index contributed by atoms with van der Waals surface area (Å²) in [6, 6.07) is 19.8. The fourth-order valence-corrected chi connectivity index (χ4v) is 4.70. The van der Waals surface area contributed by atoms with E-state index in [1.165, 1.54) is 36.0 Å². The topological polar surface area (TPSA) is 142 Å². The van der Waals surface area contributed by atoms with Crippen LogP contribution in [0.2, 0.25) is 0 Å². The van der Waals surface area contributed by atoms with Gasteiger partial charge in [0.05, 0.1) is 28.3 Å². The van der Waals surface area contributed by atoms with Gasteiger partial charge in [0.1, 0.15) is 0 Å². The van der Waals surface area contributed by atoms with E-state index in [2.05, 4.69) is 15.1 Å². The van der Waals surface area contributed by atoms with Gasteiger partial charge in [-0.2, -0.15) is 26.7 Å². The van der Waals surface area contributed by atoms with Crippen LogP contribution in [0.1, 0.15) is 17.7 Å². The van der Waals surface area contributed by atoms with Crippen molar-refractivity contribution in [3.63, 3.8) is 0 Å². The predicted octanol–water partition coefficient (Wildman–Crippen LogP) is 4.83. The number of aryl methyl sites for hydroxylation is 1. The van der Waals surface area contributed by atoms with Crippen LogP contribution in [0.4, 0.5) is 23.7 Å². The van der Waals surface area contributed by atoms with E-state index in [-0.39, 0.29) is 18.0 Å². The highest BCUT2D eigenvalue weighted by Crippen LogP contribution is 2.32. The van der Waals surface area contributed by atoms with Crippen molar-refractivity contribution in [1.82, 2.24) is 19.8 Å². The Balaban J connectivity index is 1.64. The molecule has 3 aromatic carbocycles. The molecule has 1 heterocycles. The third kappa shape index (κ3) is 7.42. The molecule has 0 fully saturated rings. The number of anilines is 1. The third-order valence-corrected chi connectivity index (χ3v) is 6.91. The molecule has 0 atom stereocenters. The van der Waals surface area contributed by atoms with E-state index in [1.54, 1.807) is 41.1 Å². The molecule has 1 aromatic heterocycles. The van der Waals surface area contributed by atoms with Gasteiger partial charge < -0.3 is 10.4 Å². The molecule has 0 radical (unpaired) electrons. The molecule has 0 unspecified atom stereocenters. The van der Waals surface area contributed by atoms with Crippen LogP contribution in [0.3, 0.4) is 0 Å². The maximum absolute atomic E-state index is 12.9. The summed E-state index contributed by atoms with van der Waals surface area (Å²) in [5.74, 6) is -0.159. The summed E-state index contributed by atoms with van der Waals surface area (Å²) in [5, 5.41) is 15.8. The molecule has 41 heavy (non-hydrogen) atoms. The van der Waals surface area contributed by atoms with E-state index in [9.17, 15) is 31.2 Å². The Morgan fingerprint density at radius 2 is 1.46 bits per heavy atom. The van der Waals surface area contributed by atoms with E-state index < -0.39 is 28.0 Å². The number of amides is 2. The van der Waals surface area contributed by atoms with Gasteiger partial charge in [-0.3, -0.25) is 9.52 Å². The predicted molar refractivity (Wildman–Crippen MR) is 146 cm³/mol. The Bertz CT molecular complexity index is 1650. The van der Waals surface area contributed by atoms with Gasteiger partial charge in [-0.25, -0.2) is 14.2 Å². The molecule has 4 N–H and O–H groups in total. The summed E-state index contributed by atoms with van der Waals surface area (Å²) >= 11 is 0. The third-order valence-electron chi connectivity index (χ3n) is 5.96. The molecular weight excluding hydrogens is 563 g/mol. The molecule has 0 aliphatic rings. The number of hydrogen-bond donors (Lipinski definition) is 4. The van der Waals surface area contributed by atoms with Gasteiger partial charge in [-0.05, 0) is 53.6 Å². The van der Waals surface area contributed by atoms with Crippen molar-refractivity contribution < 1.29 is 36.3 Å². The monoisotopic (exact) mass is 587 g/mol. The number of alkyl halides is 3. The Morgan fingerprint density at radius 3 is 2.00 bits per heavy atom. The Hall–Kier alpha value is -4.85. The lowest BCUT2D eigenvalue weighted by molar-refractivity contribution is -0.137. The van der Waals surface area contributed by atoms with Crippen molar-refractivity contribution in [3.05, 3.63) is 90.1 Å². The quantitative estimate of drug-likeness (QED) is 0.221. The average Bonchev–Trinajstić information content (AvgIpc) is 3.35. The summed E-state index contributed by atoms with van der Waals surface area (Å²) in [4.78, 5) is 22.5. The van der Waals surface area contributed by atoms with Gasteiger partial charge in [-0.15, -0.1) is 0 Å². The van der Waals surface area contributed by atoms with E-state index in [1.807, 2.05) is 6.07 Å². The molecule has 4 rings (SSSR count). The van der Waals surface area contributed by atoms with Crippen LogP contribution >= 0.6 is 0 Å². The Morgan fingerprint density at radius 1 is 0.902 bits per heavy atom. The van der Waals surface area contributed by atoms with Crippen LogP contribution in [0, 0.1) is 0 Å². The molecule has 4 aromatic rings. The van der Waals surface area contributed by atoms with Crippen molar-refractivity contribution >= 4 is 27.9 Å². The maximum Gasteiger partial charge on any atom is 0.419 e. The molecule has 0 aliphatic carbocycles. The van der Waals surface area contributed by atoms with E-state index in [0.29, 0.717) is 34.6 Å². The zero-order chi connectivity index (χ0) is 29.8. The molecule has 0 bridgehead atoms. The zero-order valence-corrected chi connectivity index (χ0v) is 22.3. The number of rotatable bonds is 9. The summed E-state index contributed by atoms with van der Waals surface area (Å²) in [7, 11) is -2.79. The second kappa shape index (κ2) is 11.7. The smallest absolute Gasteiger partial charge is 0.419 e. The second-order valence-electron chi connectivity index (χ2n) is 8.82. The highest BCUT2D eigenvalue weighted by Gasteiger charge is 2.30. The van der Waals surface area contributed by atoms with Crippen LogP contribution in [-0.4, -0.2) is 42.4 Å². The fourth-order valence-electron chi connectivity index (χ4n) is 3.97. The van der Waals surface area contributed by atoms with Gasteiger partial charge in [0, 0.05) is 25.5 Å². The maximum atomic E-state index is 12.9. The largest absolute Gasteiger partial charge is 0.464 e. The molecule has 0 saturated heterocycles. The van der Waals surface area contributed by atoms with Crippen LogP contribution in [0.15, 0.2) is 78.9 Å². The lowest BCUT2D eigenvalue weighted by Gasteiger charge is -2.11. The lowest BCUT2D eigenvalue weighted by atomic mass is 10.0. The van der Waals surface area contributed by atoms with Crippen molar-refractivity contribution in [2.45, 2.75) is 19.0 Å². The first kappa shape index (κ1) is 29.1. The summed E-state index contributed by atoms with van der Waals surface area (Å²) in [6.07, 6.45) is -5.60. The zero-order valence-electron chi connectivity index (χ0n) is 21.4. The normalized spacial score (nSPS) is 11.6. The minimum absolute atomic E-state index is 0.108. The molecule has 0 spiro atoms. The first-order chi connectivity index (χ1) is 19.3. The van der Waals surface area contributed by atoms with Crippen molar-refractivity contribution in [1.29, 1.82) is 0 Å². The number of hydrogen-bond acceptors (Lipinski definition) is 5. The number of carbonyl (C=O) groups is 2. The van der Waals surface area contributed by atoms with Crippen molar-refractivity contribution in [2.75, 3.05) is 11.8 Å². The van der Waals surface area contributed by atoms with E-state index in [4.69, 9.17) is 5.11 Å². The SMILES string of the molecule is CNC(=O)CCc1cc(-c2ccc(-c3ccc(C(F)(F)F)cc3)cc2)n(-c2ccc(NS(=O)(=O)NC(=O)O)cc2)n1. The highest BCUT2D eigenvalue weighted by atomic mass is 32.2. The molecule has 214 valence electrons. The number of benzene rings is 3. The van der Waals surface area contributed by atoms with Crippen LogP contribution in [0.25, 0.3) is 28.1 Å². The Kier molecular flexibility index (Phi) is 8.33. The minimum atomic E-state index is -4.42. The number of aromatic nitrogens is 2. The number of halogens is 3. The summed E-state index contributed by atoms with van der Waals surface area (Å²) < 4.78 is 67.5. The van der Waals surface area contributed by atoms with Gasteiger partial charge >= 0.3 is 22.5 Å². The second-order valence-corrected chi connectivity index (χ2v) is 10.2. The average molecular weight is 588 g/mol. The van der Waals surface area contributed by atoms with Gasteiger partial charge in [0.25, 0.3) is 0 Å². The van der Waals surface area contributed by atoms with Crippen LogP contribution < -0.4 is 14.8 Å². The molecule has 14 heteroatoms. The van der Waals surface area contributed by atoms with E-state index in [0.717, 1.165) is 17.7 Å². The molecular formula is C27H24F3N5O5S. The fraction of sp³-hybridized carbons (Fsp3) is 0.148. The van der Waals surface area contributed by atoms with Crippen LogP contribution in [-0.2, 0) is 27.6 Å². The first-order valence-electron chi connectivity index (χ1n) is 12.1. The number of carboxylic acid groups (broad SMARTS) is 1. The summed E-state index contributed by atoms with van der Waals surface area (Å²) in [6.45, 7) is 0. The summed E-state index contributed by atoms with van der Waals surface area (Å²) in [5.41, 5.74) is 3.24. The minimum Gasteiger partial charge on any atom is -0.464 e. The molecule has 2 amide bonds. The lowest BCUT2D eigenvalue weighted by Crippen LogP contribution is -2.34. The standard InChI is InChI=1S/C27H24F3N5O5S/c1-31-25(36)15-12-22-16-24(19-4-2-17(3-5-19)18-6-8-20(9-7-18)27(28,29)30)35(32-22)23-13-10-21(11-14-23)33-41(39,40)34-26(37)38/h2-11,13-14,16,33-34H,12,15H2,1H3,(H,31,36)(H,37,38). The molecule has 10 nitrogen and oxygen atoms in total. The first-order valence-corrected chi connectivity index (χ1v) is 13.5. The number of carbonyl (C=O) groups excluding carboxylic acids is 1. The Labute approximate surface area is 233 Å². The highest BCUT2D eigenvalue weighted by molar-refractivity contribution is 7.91. The molecule has 0 aliphatic heterocycles. The van der Waals surface area contributed by atoms with Crippen molar-refractivity contribution in [3.8, 4) is 28.1 Å². The van der Waals surface area contributed by atoms with Gasteiger partial charge in [0.15, 0.2) is 0 Å². The van der Waals surface area contributed by atoms with Gasteiger partial charge in [-0.1, -0.05) is 36.4 Å². The van der Waals surface area contributed by atoms with Crippen LogP contribution in [0.5, 0.6) is 0 Å². The molecule has 0 saturated carbocycles. The van der Waals surface area contributed by atoms with Gasteiger partial charge in [0.2, 0.25) is 5.91 Å². The number of nitrogens with zero attached hydrogens (tertiary/aromatic N) is 2. The number of nitrogens with one attached hydrogen (secondary N) is 3.